The van der Waals surface area contributed by atoms with E-state index in [4.69, 9.17) is 9.47 Å². The van der Waals surface area contributed by atoms with E-state index < -0.39 is 17.8 Å². The number of amides is 2. The Labute approximate surface area is 172 Å². The minimum absolute atomic E-state index is 0.213. The van der Waals surface area contributed by atoms with Gasteiger partial charge in [0.2, 0.25) is 0 Å². The smallest absolute Gasteiger partial charge is 0.408 e. The number of ether oxygens (including phenoxy) is 2. The summed E-state index contributed by atoms with van der Waals surface area (Å²) >= 11 is 0. The van der Waals surface area contributed by atoms with Gasteiger partial charge >= 0.3 is 12.2 Å². The number of hydrogen-bond donors (Lipinski definition) is 2. The molecule has 6 nitrogen and oxygen atoms in total. The lowest BCUT2D eigenvalue weighted by atomic mass is 10.0. The fraction of sp³-hybridized carbons (Fsp3) is 0.391. The van der Waals surface area contributed by atoms with Gasteiger partial charge in [0.25, 0.3) is 0 Å². The van der Waals surface area contributed by atoms with Crippen LogP contribution in [0.2, 0.25) is 0 Å². The molecule has 156 valence electrons. The summed E-state index contributed by atoms with van der Waals surface area (Å²) in [4.78, 5) is 24.2. The highest BCUT2D eigenvalue weighted by molar-refractivity contribution is 5.68. The van der Waals surface area contributed by atoms with Gasteiger partial charge in [0, 0.05) is 6.54 Å². The van der Waals surface area contributed by atoms with Crippen molar-refractivity contribution in [3.63, 3.8) is 0 Å². The highest BCUT2D eigenvalue weighted by Gasteiger charge is 2.20. The average Bonchev–Trinajstić information content (AvgIpc) is 2.65. The highest BCUT2D eigenvalue weighted by atomic mass is 16.6. The first-order valence-electron chi connectivity index (χ1n) is 9.73. The number of aryl methyl sites for hydroxylation is 1. The molecule has 0 aliphatic heterocycles. The molecule has 2 aromatic carbocycles. The molecule has 0 saturated carbocycles. The summed E-state index contributed by atoms with van der Waals surface area (Å²) in [6, 6.07) is 17.1. The molecule has 0 aliphatic rings. The number of nitrogens with one attached hydrogen (secondary N) is 2. The lowest BCUT2D eigenvalue weighted by Gasteiger charge is -2.24. The van der Waals surface area contributed by atoms with Crippen LogP contribution in [0.3, 0.4) is 0 Å². The Hall–Kier alpha value is -3.02. The first-order chi connectivity index (χ1) is 13.7. The maximum absolute atomic E-state index is 12.2. The SMILES string of the molecule is Cc1ccc([C@H](CCNC(=O)OCc2ccccc2)NC(=O)OC(C)(C)C)cc1. The van der Waals surface area contributed by atoms with Gasteiger partial charge in [-0.3, -0.25) is 0 Å². The first kappa shape index (κ1) is 22.3. The van der Waals surface area contributed by atoms with E-state index in [1.165, 1.54) is 0 Å². The molecule has 0 aliphatic carbocycles. The van der Waals surface area contributed by atoms with Crippen molar-refractivity contribution < 1.29 is 19.1 Å². The van der Waals surface area contributed by atoms with Crippen LogP contribution in [0, 0.1) is 6.92 Å². The fourth-order valence-electron chi connectivity index (χ4n) is 2.66. The zero-order valence-electron chi connectivity index (χ0n) is 17.5. The Bertz CT molecular complexity index is 783. The van der Waals surface area contributed by atoms with Gasteiger partial charge in [0.1, 0.15) is 12.2 Å². The maximum Gasteiger partial charge on any atom is 0.408 e. The molecule has 1 atom stereocenters. The van der Waals surface area contributed by atoms with Gasteiger partial charge < -0.3 is 20.1 Å². The summed E-state index contributed by atoms with van der Waals surface area (Å²) in [7, 11) is 0. The van der Waals surface area contributed by atoms with E-state index in [1.807, 2.05) is 82.3 Å². The van der Waals surface area contributed by atoms with Crippen LogP contribution < -0.4 is 10.6 Å². The van der Waals surface area contributed by atoms with Crippen LogP contribution in [0.4, 0.5) is 9.59 Å². The van der Waals surface area contributed by atoms with Crippen LogP contribution in [0.5, 0.6) is 0 Å². The van der Waals surface area contributed by atoms with Crippen LogP contribution in [-0.2, 0) is 16.1 Å². The highest BCUT2D eigenvalue weighted by Crippen LogP contribution is 2.18. The molecular weight excluding hydrogens is 368 g/mol. The Morgan fingerprint density at radius 1 is 0.966 bits per heavy atom. The molecule has 0 aromatic heterocycles. The molecule has 0 radical (unpaired) electrons. The summed E-state index contributed by atoms with van der Waals surface area (Å²) in [5.41, 5.74) is 2.42. The van der Waals surface area contributed by atoms with Gasteiger partial charge in [-0.05, 0) is 45.2 Å². The van der Waals surface area contributed by atoms with Crippen LogP contribution in [0.25, 0.3) is 0 Å². The maximum atomic E-state index is 12.2. The molecular formula is C23H30N2O4. The van der Waals surface area contributed by atoms with Crippen molar-refractivity contribution >= 4 is 12.2 Å². The predicted octanol–water partition coefficient (Wildman–Crippen LogP) is 4.88. The molecule has 0 unspecified atom stereocenters. The van der Waals surface area contributed by atoms with Crippen molar-refractivity contribution in [2.75, 3.05) is 6.54 Å². The van der Waals surface area contributed by atoms with Crippen LogP contribution in [-0.4, -0.2) is 24.3 Å². The van der Waals surface area contributed by atoms with Crippen molar-refractivity contribution in [2.45, 2.75) is 52.4 Å². The standard InChI is InChI=1S/C23H30N2O4/c1-17-10-12-19(13-11-17)20(25-22(27)29-23(2,3)4)14-15-24-21(26)28-16-18-8-6-5-7-9-18/h5-13,20H,14-16H2,1-4H3,(H,24,26)(H,25,27)/t20-/m0/s1. The van der Waals surface area contributed by atoms with E-state index in [0.29, 0.717) is 13.0 Å². The lowest BCUT2D eigenvalue weighted by Crippen LogP contribution is -2.36. The number of carbonyl (C=O) groups is 2. The third-order valence-electron chi connectivity index (χ3n) is 4.09. The van der Waals surface area contributed by atoms with Gasteiger partial charge in [0.05, 0.1) is 6.04 Å². The van der Waals surface area contributed by atoms with Gasteiger partial charge in [-0.25, -0.2) is 9.59 Å². The molecule has 0 heterocycles. The average molecular weight is 399 g/mol. The van der Waals surface area contributed by atoms with Gasteiger partial charge in [-0.15, -0.1) is 0 Å². The van der Waals surface area contributed by atoms with Crippen molar-refractivity contribution in [2.24, 2.45) is 0 Å². The van der Waals surface area contributed by atoms with Gasteiger partial charge in [-0.2, -0.15) is 0 Å². The second kappa shape index (κ2) is 10.5. The van der Waals surface area contributed by atoms with Crippen molar-refractivity contribution in [3.8, 4) is 0 Å². The molecule has 0 bridgehead atoms. The lowest BCUT2D eigenvalue weighted by molar-refractivity contribution is 0.0501. The third-order valence-corrected chi connectivity index (χ3v) is 4.09. The zero-order valence-corrected chi connectivity index (χ0v) is 17.5. The molecule has 6 heteroatoms. The van der Waals surface area contributed by atoms with Crippen LogP contribution in [0.1, 0.15) is 49.9 Å². The summed E-state index contributed by atoms with van der Waals surface area (Å²) < 4.78 is 10.6. The molecule has 2 rings (SSSR count). The quantitative estimate of drug-likeness (QED) is 0.697. The summed E-state index contributed by atoms with van der Waals surface area (Å²) in [5, 5.41) is 5.62. The van der Waals surface area contributed by atoms with Gasteiger partial charge in [0.15, 0.2) is 0 Å². The molecule has 2 amide bonds. The fourth-order valence-corrected chi connectivity index (χ4v) is 2.66. The first-order valence-corrected chi connectivity index (χ1v) is 9.73. The molecule has 2 N–H and O–H groups in total. The van der Waals surface area contributed by atoms with Crippen molar-refractivity contribution in [3.05, 3.63) is 71.3 Å². The second-order valence-electron chi connectivity index (χ2n) is 7.89. The Balaban J connectivity index is 1.88. The Morgan fingerprint density at radius 3 is 2.24 bits per heavy atom. The summed E-state index contributed by atoms with van der Waals surface area (Å²) in [5.74, 6) is 0. The van der Waals surface area contributed by atoms with E-state index in [9.17, 15) is 9.59 Å². The molecule has 0 spiro atoms. The van der Waals surface area contributed by atoms with Crippen LogP contribution in [0.15, 0.2) is 54.6 Å². The normalized spacial score (nSPS) is 12.0. The molecule has 0 fully saturated rings. The third kappa shape index (κ3) is 8.68. The Kier molecular flexibility index (Phi) is 8.07. The zero-order chi connectivity index (χ0) is 21.3. The predicted molar refractivity (Wildman–Crippen MR) is 113 cm³/mol. The summed E-state index contributed by atoms with van der Waals surface area (Å²) in [6.07, 6.45) is -0.480. The monoisotopic (exact) mass is 398 g/mol. The van der Waals surface area contributed by atoms with Crippen molar-refractivity contribution in [1.82, 2.24) is 10.6 Å². The number of rotatable bonds is 7. The molecule has 29 heavy (non-hydrogen) atoms. The number of alkyl carbamates (subject to hydrolysis) is 2. The van der Waals surface area contributed by atoms with E-state index in [0.717, 1.165) is 16.7 Å². The molecule has 2 aromatic rings. The minimum Gasteiger partial charge on any atom is -0.445 e. The largest absolute Gasteiger partial charge is 0.445 e. The number of benzene rings is 2. The number of carbonyl (C=O) groups excluding carboxylic acids is 2. The van der Waals surface area contributed by atoms with Crippen molar-refractivity contribution in [1.29, 1.82) is 0 Å². The van der Waals surface area contributed by atoms with E-state index in [2.05, 4.69) is 10.6 Å². The molecule has 0 saturated heterocycles. The topological polar surface area (TPSA) is 76.7 Å². The van der Waals surface area contributed by atoms with E-state index >= 15 is 0 Å². The van der Waals surface area contributed by atoms with Gasteiger partial charge in [-0.1, -0.05) is 60.2 Å². The second-order valence-corrected chi connectivity index (χ2v) is 7.89. The summed E-state index contributed by atoms with van der Waals surface area (Å²) in [6.45, 7) is 8.02. The Morgan fingerprint density at radius 2 is 1.62 bits per heavy atom. The minimum atomic E-state index is -0.582. The van der Waals surface area contributed by atoms with E-state index in [1.54, 1.807) is 0 Å². The van der Waals surface area contributed by atoms with E-state index in [-0.39, 0.29) is 12.6 Å². The van der Waals surface area contributed by atoms with Crippen LogP contribution >= 0.6 is 0 Å². The number of hydrogen-bond acceptors (Lipinski definition) is 4.